The lowest BCUT2D eigenvalue weighted by atomic mass is 9.85. The van der Waals surface area contributed by atoms with Crippen LogP contribution >= 0.6 is 0 Å². The number of ether oxygens (including phenoxy) is 1. The lowest BCUT2D eigenvalue weighted by Gasteiger charge is -2.32. The average molecular weight is 530 g/mol. The first-order valence-electron chi connectivity index (χ1n) is 12.5. The predicted octanol–water partition coefficient (Wildman–Crippen LogP) is 6.03. The van der Waals surface area contributed by atoms with Crippen LogP contribution in [0.3, 0.4) is 0 Å². The van der Waals surface area contributed by atoms with Crippen LogP contribution in [0.4, 0.5) is 17.6 Å². The quantitative estimate of drug-likeness (QED) is 0.365. The highest BCUT2D eigenvalue weighted by Crippen LogP contribution is 2.44. The number of aryl methyl sites for hydroxylation is 2. The number of carbonyl (C=O) groups is 1. The second-order valence-electron chi connectivity index (χ2n) is 9.83. The van der Waals surface area contributed by atoms with Crippen LogP contribution in [0.15, 0.2) is 53.1 Å². The summed E-state index contributed by atoms with van der Waals surface area (Å²) in [6.07, 6.45) is -3.23. The summed E-state index contributed by atoms with van der Waals surface area (Å²) in [5.41, 5.74) is 1.50. The summed E-state index contributed by atoms with van der Waals surface area (Å²) < 4.78 is 65.8. The molecule has 3 heterocycles. The molecule has 1 unspecified atom stereocenters. The van der Waals surface area contributed by atoms with Crippen LogP contribution in [0, 0.1) is 12.7 Å². The monoisotopic (exact) mass is 529 g/mol. The molecule has 3 aromatic rings. The van der Waals surface area contributed by atoms with Gasteiger partial charge in [-0.15, -0.1) is 0 Å². The van der Waals surface area contributed by atoms with Gasteiger partial charge in [-0.05, 0) is 55.7 Å². The minimum atomic E-state index is -4.48. The van der Waals surface area contributed by atoms with Gasteiger partial charge in [0.25, 0.3) is 5.89 Å². The molecule has 200 valence electrons. The van der Waals surface area contributed by atoms with Gasteiger partial charge in [-0.25, -0.2) is 4.39 Å². The molecule has 5 rings (SSSR count). The summed E-state index contributed by atoms with van der Waals surface area (Å²) in [4.78, 5) is 19.2. The molecule has 1 amide bonds. The highest BCUT2D eigenvalue weighted by Gasteiger charge is 2.48. The van der Waals surface area contributed by atoms with Crippen molar-refractivity contribution in [2.24, 2.45) is 0 Å². The molecule has 0 saturated carbocycles. The molecule has 2 aromatic carbocycles. The first-order valence-corrected chi connectivity index (χ1v) is 12.5. The van der Waals surface area contributed by atoms with Crippen LogP contribution in [0.25, 0.3) is 5.57 Å². The van der Waals surface area contributed by atoms with Gasteiger partial charge in [-0.1, -0.05) is 35.8 Å². The van der Waals surface area contributed by atoms with Crippen LogP contribution in [-0.2, 0) is 22.1 Å². The van der Waals surface area contributed by atoms with Crippen molar-refractivity contribution in [2.45, 2.75) is 64.0 Å². The van der Waals surface area contributed by atoms with Gasteiger partial charge in [-0.3, -0.25) is 4.79 Å². The maximum absolute atomic E-state index is 13.8. The molecule has 2 aliphatic heterocycles. The Balaban J connectivity index is 1.46. The Morgan fingerprint density at radius 1 is 1.18 bits per heavy atom. The van der Waals surface area contributed by atoms with E-state index in [1.54, 1.807) is 36.9 Å². The Morgan fingerprint density at radius 3 is 2.58 bits per heavy atom. The summed E-state index contributed by atoms with van der Waals surface area (Å²) in [7, 11) is 0. The van der Waals surface area contributed by atoms with E-state index in [0.29, 0.717) is 35.4 Å². The predicted molar refractivity (Wildman–Crippen MR) is 130 cm³/mol. The smallest absolute Gasteiger partial charge is 0.368 e. The summed E-state index contributed by atoms with van der Waals surface area (Å²) in [6, 6.07) is 9.53. The number of fused-ring (bicyclic) bond motifs is 1. The zero-order valence-corrected chi connectivity index (χ0v) is 21.1. The first kappa shape index (κ1) is 26.1. The summed E-state index contributed by atoms with van der Waals surface area (Å²) >= 11 is 0. The van der Waals surface area contributed by atoms with E-state index in [4.69, 9.17) is 9.26 Å². The van der Waals surface area contributed by atoms with E-state index in [0.717, 1.165) is 17.7 Å². The number of benzene rings is 2. The SMILES string of the molecule is CCc1noc(C2=CC(=O)N3C[C@H](O[C@H](C)c4cc(C)cc(C(F)(F)F)c4)[C@@H](c4ccc(F)cc4)C3C2)n1. The molecular weight excluding hydrogens is 502 g/mol. The molecule has 1 fully saturated rings. The molecule has 4 atom stereocenters. The van der Waals surface area contributed by atoms with Crippen LogP contribution in [0.5, 0.6) is 0 Å². The van der Waals surface area contributed by atoms with Gasteiger partial charge in [0, 0.05) is 36.6 Å². The topological polar surface area (TPSA) is 68.5 Å². The summed E-state index contributed by atoms with van der Waals surface area (Å²) in [5.74, 6) is -0.180. The fourth-order valence-electron chi connectivity index (χ4n) is 5.37. The van der Waals surface area contributed by atoms with Gasteiger partial charge >= 0.3 is 6.18 Å². The molecule has 0 aliphatic carbocycles. The molecule has 0 N–H and O–H groups in total. The molecule has 10 heteroatoms. The number of aromatic nitrogens is 2. The molecule has 0 spiro atoms. The van der Waals surface area contributed by atoms with Gasteiger partial charge in [0.05, 0.1) is 17.8 Å². The number of halogens is 4. The van der Waals surface area contributed by atoms with Gasteiger partial charge in [-0.2, -0.15) is 18.2 Å². The minimum absolute atomic E-state index is 0.238. The second kappa shape index (κ2) is 9.98. The van der Waals surface area contributed by atoms with Gasteiger partial charge in [0.1, 0.15) is 5.82 Å². The molecular formula is C28H27F4N3O3. The normalized spacial score (nSPS) is 22.4. The lowest BCUT2D eigenvalue weighted by Crippen LogP contribution is -2.39. The minimum Gasteiger partial charge on any atom is -0.368 e. The largest absolute Gasteiger partial charge is 0.416 e. The van der Waals surface area contributed by atoms with Crippen molar-refractivity contribution in [3.63, 3.8) is 0 Å². The van der Waals surface area contributed by atoms with Crippen molar-refractivity contribution in [2.75, 3.05) is 6.54 Å². The van der Waals surface area contributed by atoms with E-state index in [-0.39, 0.29) is 30.3 Å². The number of hydrogen-bond acceptors (Lipinski definition) is 5. The van der Waals surface area contributed by atoms with Gasteiger partial charge in [0.2, 0.25) is 5.91 Å². The molecule has 38 heavy (non-hydrogen) atoms. The van der Waals surface area contributed by atoms with Gasteiger partial charge in [0.15, 0.2) is 5.82 Å². The molecule has 1 saturated heterocycles. The third-order valence-corrected chi connectivity index (χ3v) is 7.19. The highest BCUT2D eigenvalue weighted by atomic mass is 19.4. The maximum atomic E-state index is 13.8. The van der Waals surface area contributed by atoms with Crippen molar-refractivity contribution < 1.29 is 31.6 Å². The number of hydrogen-bond donors (Lipinski definition) is 0. The van der Waals surface area contributed by atoms with E-state index < -0.39 is 29.8 Å². The average Bonchev–Trinajstić information content (AvgIpc) is 3.49. The van der Waals surface area contributed by atoms with E-state index in [1.807, 2.05) is 6.92 Å². The Bertz CT molecular complexity index is 1370. The van der Waals surface area contributed by atoms with E-state index in [9.17, 15) is 22.4 Å². The van der Waals surface area contributed by atoms with E-state index in [2.05, 4.69) is 10.1 Å². The molecule has 0 radical (unpaired) electrons. The molecule has 2 aliphatic rings. The zero-order chi connectivity index (χ0) is 27.2. The van der Waals surface area contributed by atoms with Crippen molar-refractivity contribution in [3.8, 4) is 0 Å². The summed E-state index contributed by atoms with van der Waals surface area (Å²) in [5, 5.41) is 3.93. The molecule has 1 aromatic heterocycles. The van der Waals surface area contributed by atoms with Crippen LogP contribution < -0.4 is 0 Å². The van der Waals surface area contributed by atoms with Crippen molar-refractivity contribution in [1.82, 2.24) is 15.0 Å². The Morgan fingerprint density at radius 2 is 1.92 bits per heavy atom. The Labute approximate surface area is 217 Å². The first-order chi connectivity index (χ1) is 18.0. The number of alkyl halides is 3. The van der Waals surface area contributed by atoms with Crippen molar-refractivity contribution >= 4 is 11.5 Å². The fourth-order valence-corrected chi connectivity index (χ4v) is 5.37. The number of carbonyl (C=O) groups excluding carboxylic acids is 1. The standard InChI is InChI=1S/C28H27F4N3O3/c1-4-24-33-27(38-34-24)19-12-22-26(17-5-7-21(29)8-6-17)23(14-35(22)25(36)13-19)37-16(3)18-9-15(2)10-20(11-18)28(30,31)32/h5-11,13,16,22-23,26H,4,12,14H2,1-3H3/t16-,22?,23+,26+/m1/s1. The third-order valence-electron chi connectivity index (χ3n) is 7.19. The Kier molecular flexibility index (Phi) is 6.85. The van der Waals surface area contributed by atoms with Crippen molar-refractivity contribution in [1.29, 1.82) is 0 Å². The molecule has 0 bridgehead atoms. The van der Waals surface area contributed by atoms with E-state index >= 15 is 0 Å². The zero-order valence-electron chi connectivity index (χ0n) is 21.1. The van der Waals surface area contributed by atoms with Crippen molar-refractivity contribution in [3.05, 3.63) is 88.3 Å². The number of rotatable bonds is 6. The summed E-state index contributed by atoms with van der Waals surface area (Å²) in [6.45, 7) is 5.44. The van der Waals surface area contributed by atoms with E-state index in [1.165, 1.54) is 18.2 Å². The highest BCUT2D eigenvalue weighted by molar-refractivity contribution is 5.97. The number of nitrogens with zero attached hydrogens (tertiary/aromatic N) is 3. The van der Waals surface area contributed by atoms with Crippen LogP contribution in [-0.4, -0.2) is 39.6 Å². The lowest BCUT2D eigenvalue weighted by molar-refractivity contribution is -0.137. The maximum Gasteiger partial charge on any atom is 0.416 e. The van der Waals surface area contributed by atoms with Gasteiger partial charge < -0.3 is 14.2 Å². The second-order valence-corrected chi connectivity index (χ2v) is 9.83. The Hall–Kier alpha value is -3.53. The van der Waals surface area contributed by atoms with Crippen LogP contribution in [0.1, 0.15) is 66.3 Å². The number of amides is 1. The molecule has 6 nitrogen and oxygen atoms in total. The fraction of sp³-hybridized carbons (Fsp3) is 0.393. The third kappa shape index (κ3) is 5.09. The van der Waals surface area contributed by atoms with Crippen LogP contribution in [0.2, 0.25) is 0 Å².